The number of H-pyrrole nitrogens is 1. The number of alkyl halides is 3. The predicted octanol–water partition coefficient (Wildman–Crippen LogP) is 4.16. The van der Waals surface area contributed by atoms with Crippen molar-refractivity contribution in [3.8, 4) is 0 Å². The Kier molecular flexibility index (Phi) is 7.37. The number of carboxylic acids is 1. The molecule has 4 aromatic rings. The highest BCUT2D eigenvalue weighted by Gasteiger charge is 2.38. The highest BCUT2D eigenvalue weighted by atomic mass is 32.2. The Balaban J connectivity index is 0.000000454. The summed E-state index contributed by atoms with van der Waals surface area (Å²) >= 11 is 0. The van der Waals surface area contributed by atoms with E-state index in [1.165, 1.54) is 24.4 Å². The number of rotatable bonds is 5. The number of benzene rings is 2. The Morgan fingerprint density at radius 3 is 2.39 bits per heavy atom. The van der Waals surface area contributed by atoms with Crippen LogP contribution >= 0.6 is 0 Å². The minimum absolute atomic E-state index is 0.145. The number of fused-ring (bicyclic) bond motifs is 1. The van der Waals surface area contributed by atoms with Gasteiger partial charge in [0.05, 0.1) is 5.52 Å². The fraction of sp³-hybridized carbons (Fsp3) is 0.100. The second-order valence-corrected chi connectivity index (χ2v) is 8.98. The third-order valence-electron chi connectivity index (χ3n) is 4.26. The van der Waals surface area contributed by atoms with Gasteiger partial charge in [0.25, 0.3) is 0 Å². The standard InChI is InChI=1S/C18H14F2N6O2S.C2HF3O2/c1-29(27,28)15-9-11(3-4-13(15)20)22-18-21-7-6-16(24-18)23-17-12-8-10(19)2-5-14(12)25-26-17;3-2(4,5)1(6)7/h2-9H,1H3,(H3,21,22,23,24,25,26);(H,6,7). The van der Waals surface area contributed by atoms with Crippen LogP contribution in [0.2, 0.25) is 0 Å². The van der Waals surface area contributed by atoms with Crippen molar-refractivity contribution in [3.05, 3.63) is 60.3 Å². The van der Waals surface area contributed by atoms with Crippen LogP contribution in [0.5, 0.6) is 0 Å². The summed E-state index contributed by atoms with van der Waals surface area (Å²) in [5.74, 6) is -3.10. The molecule has 190 valence electrons. The van der Waals surface area contributed by atoms with Gasteiger partial charge in [0.1, 0.15) is 22.3 Å². The lowest BCUT2D eigenvalue weighted by atomic mass is 10.2. The number of halogens is 5. The molecule has 4 N–H and O–H groups in total. The molecule has 0 saturated heterocycles. The molecule has 36 heavy (non-hydrogen) atoms. The molecule has 16 heteroatoms. The summed E-state index contributed by atoms with van der Waals surface area (Å²) in [6.45, 7) is 0. The second-order valence-electron chi connectivity index (χ2n) is 7.00. The van der Waals surface area contributed by atoms with Gasteiger partial charge in [-0.25, -0.2) is 27.0 Å². The average molecular weight is 530 g/mol. The van der Waals surface area contributed by atoms with Crippen molar-refractivity contribution < 1.29 is 40.3 Å². The van der Waals surface area contributed by atoms with E-state index < -0.39 is 38.5 Å². The first kappa shape index (κ1) is 26.3. The van der Waals surface area contributed by atoms with Crippen molar-refractivity contribution in [3.63, 3.8) is 0 Å². The van der Waals surface area contributed by atoms with Gasteiger partial charge < -0.3 is 15.7 Å². The monoisotopic (exact) mass is 530 g/mol. The molecule has 0 atom stereocenters. The number of hydrogen-bond acceptors (Lipinski definition) is 8. The molecule has 2 heterocycles. The van der Waals surface area contributed by atoms with Crippen molar-refractivity contribution in [2.45, 2.75) is 11.1 Å². The van der Waals surface area contributed by atoms with E-state index in [9.17, 15) is 30.4 Å². The molecule has 0 fully saturated rings. The molecule has 0 spiro atoms. The van der Waals surface area contributed by atoms with Crippen LogP contribution in [-0.2, 0) is 14.6 Å². The van der Waals surface area contributed by atoms with Gasteiger partial charge in [-0.2, -0.15) is 23.3 Å². The Hall–Kier alpha value is -4.34. The molecule has 0 bridgehead atoms. The number of anilines is 4. The van der Waals surface area contributed by atoms with Crippen molar-refractivity contribution in [2.75, 3.05) is 16.9 Å². The van der Waals surface area contributed by atoms with Crippen molar-refractivity contribution >= 4 is 50.0 Å². The van der Waals surface area contributed by atoms with Crippen LogP contribution in [0.4, 0.5) is 45.2 Å². The van der Waals surface area contributed by atoms with Gasteiger partial charge >= 0.3 is 12.1 Å². The van der Waals surface area contributed by atoms with E-state index in [2.05, 4.69) is 30.8 Å². The van der Waals surface area contributed by atoms with Crippen LogP contribution in [0.3, 0.4) is 0 Å². The zero-order valence-corrected chi connectivity index (χ0v) is 18.7. The summed E-state index contributed by atoms with van der Waals surface area (Å²) in [6, 6.07) is 9.40. The molecule has 2 aromatic heterocycles. The minimum Gasteiger partial charge on any atom is -0.475 e. The molecular weight excluding hydrogens is 515 g/mol. The van der Waals surface area contributed by atoms with Crippen LogP contribution in [-0.4, -0.2) is 52.1 Å². The molecule has 0 aliphatic rings. The van der Waals surface area contributed by atoms with E-state index in [4.69, 9.17) is 9.90 Å². The lowest BCUT2D eigenvalue weighted by Crippen LogP contribution is -2.21. The van der Waals surface area contributed by atoms with Gasteiger partial charge in [-0.05, 0) is 42.5 Å². The number of hydrogen-bond donors (Lipinski definition) is 4. The lowest BCUT2D eigenvalue weighted by Gasteiger charge is -2.09. The topological polar surface area (TPSA) is 150 Å². The number of aliphatic carboxylic acids is 1. The molecule has 0 saturated carbocycles. The van der Waals surface area contributed by atoms with Crippen molar-refractivity contribution in [2.24, 2.45) is 0 Å². The summed E-state index contributed by atoms with van der Waals surface area (Å²) in [5, 5.41) is 20.4. The largest absolute Gasteiger partial charge is 0.490 e. The van der Waals surface area contributed by atoms with Gasteiger partial charge in [0.15, 0.2) is 15.7 Å². The molecule has 0 amide bonds. The van der Waals surface area contributed by atoms with Gasteiger partial charge in [0, 0.05) is 23.5 Å². The van der Waals surface area contributed by atoms with Gasteiger partial charge in [0.2, 0.25) is 5.95 Å². The molecule has 0 aliphatic heterocycles. The summed E-state index contributed by atoms with van der Waals surface area (Å²) in [4.78, 5) is 16.8. The van der Waals surface area contributed by atoms with Gasteiger partial charge in [-0.1, -0.05) is 0 Å². The van der Waals surface area contributed by atoms with Crippen LogP contribution in [0.1, 0.15) is 0 Å². The van der Waals surface area contributed by atoms with Gasteiger partial charge in [-0.15, -0.1) is 0 Å². The maximum absolute atomic E-state index is 13.8. The predicted molar refractivity (Wildman–Crippen MR) is 118 cm³/mol. The number of nitrogens with one attached hydrogen (secondary N) is 3. The molecule has 10 nitrogen and oxygen atoms in total. The summed E-state index contributed by atoms with van der Waals surface area (Å²) < 4.78 is 82.3. The number of carboxylic acid groups (broad SMARTS) is 1. The SMILES string of the molecule is CS(=O)(=O)c1cc(Nc2nccc(Nc3n[nH]c4ccc(F)cc34)n2)ccc1F.O=C(O)C(F)(F)F. The smallest absolute Gasteiger partial charge is 0.475 e. The zero-order chi connectivity index (χ0) is 26.7. The zero-order valence-electron chi connectivity index (χ0n) is 17.9. The maximum Gasteiger partial charge on any atom is 0.490 e. The number of carbonyl (C=O) groups is 1. The maximum atomic E-state index is 13.8. The second kappa shape index (κ2) is 10.1. The number of aromatic nitrogens is 4. The van der Waals surface area contributed by atoms with E-state index in [0.29, 0.717) is 28.2 Å². The molecule has 4 rings (SSSR count). The first-order chi connectivity index (χ1) is 16.7. The normalized spacial score (nSPS) is 11.5. The molecule has 2 aromatic carbocycles. The van der Waals surface area contributed by atoms with Crippen LogP contribution in [0.25, 0.3) is 10.9 Å². The Morgan fingerprint density at radius 1 is 1.06 bits per heavy atom. The highest BCUT2D eigenvalue weighted by Crippen LogP contribution is 2.25. The van der Waals surface area contributed by atoms with Crippen molar-refractivity contribution in [1.82, 2.24) is 20.2 Å². The quantitative estimate of drug-likeness (QED) is 0.279. The Labute approximate surface area is 199 Å². The van der Waals surface area contributed by atoms with E-state index in [-0.39, 0.29) is 5.95 Å². The number of aromatic amines is 1. The van der Waals surface area contributed by atoms with Crippen molar-refractivity contribution in [1.29, 1.82) is 0 Å². The highest BCUT2D eigenvalue weighted by molar-refractivity contribution is 7.90. The summed E-state index contributed by atoms with van der Waals surface area (Å²) in [5.41, 5.74) is 0.956. The first-order valence-corrected chi connectivity index (χ1v) is 11.4. The summed E-state index contributed by atoms with van der Waals surface area (Å²) in [7, 11) is -3.73. The number of sulfone groups is 1. The Bertz CT molecular complexity index is 1520. The average Bonchev–Trinajstić information content (AvgIpc) is 3.16. The summed E-state index contributed by atoms with van der Waals surface area (Å²) in [6.07, 6.45) is -2.69. The molecular formula is C20H15F5N6O4S. The van der Waals surface area contributed by atoms with Crippen LogP contribution in [0.15, 0.2) is 53.6 Å². The third kappa shape index (κ3) is 6.62. The first-order valence-electron chi connectivity index (χ1n) is 9.54. The van der Waals surface area contributed by atoms with E-state index in [0.717, 1.165) is 18.4 Å². The molecule has 0 aliphatic carbocycles. The molecule has 0 unspecified atom stereocenters. The Morgan fingerprint density at radius 2 is 1.75 bits per heavy atom. The van der Waals surface area contributed by atoms with Crippen LogP contribution in [0, 0.1) is 11.6 Å². The van der Waals surface area contributed by atoms with Gasteiger partial charge in [-0.3, -0.25) is 5.10 Å². The molecule has 0 radical (unpaired) electrons. The van der Waals surface area contributed by atoms with Crippen LogP contribution < -0.4 is 10.6 Å². The van der Waals surface area contributed by atoms with E-state index >= 15 is 0 Å². The van der Waals surface area contributed by atoms with E-state index in [1.807, 2.05) is 0 Å². The lowest BCUT2D eigenvalue weighted by molar-refractivity contribution is -0.192. The fourth-order valence-corrected chi connectivity index (χ4v) is 3.45. The minimum atomic E-state index is -5.08. The third-order valence-corrected chi connectivity index (χ3v) is 5.37. The fourth-order valence-electron chi connectivity index (χ4n) is 2.69. The number of nitrogens with zero attached hydrogens (tertiary/aromatic N) is 3. The van der Waals surface area contributed by atoms with E-state index in [1.54, 1.807) is 12.1 Å².